The third-order valence-electron chi connectivity index (χ3n) is 2.60. The second-order valence-electron chi connectivity index (χ2n) is 4.08. The van der Waals surface area contributed by atoms with Gasteiger partial charge in [0.25, 0.3) is 0 Å². The minimum Gasteiger partial charge on any atom is -0.507 e. The van der Waals surface area contributed by atoms with Crippen LogP contribution in [0.5, 0.6) is 17.2 Å². The molecular formula is C14H11I3O3. The summed E-state index contributed by atoms with van der Waals surface area (Å²) >= 11 is 6.53. The highest BCUT2D eigenvalue weighted by atomic mass is 127. The monoisotopic (exact) mass is 608 g/mol. The second kappa shape index (κ2) is 7.45. The number of phenols is 1. The molecule has 0 radical (unpaired) electrons. The molecule has 2 aromatic rings. The molecule has 0 aliphatic rings. The van der Waals surface area contributed by atoms with E-state index in [1.807, 2.05) is 12.1 Å². The molecule has 0 amide bonds. The van der Waals surface area contributed by atoms with Gasteiger partial charge in [-0.2, -0.15) is 0 Å². The molecule has 3 nitrogen and oxygen atoms in total. The van der Waals surface area contributed by atoms with E-state index in [9.17, 15) is 5.11 Å². The van der Waals surface area contributed by atoms with Gasteiger partial charge in [0.1, 0.15) is 11.5 Å². The van der Waals surface area contributed by atoms with Crippen LogP contribution in [0.25, 0.3) is 0 Å². The molecule has 2 aromatic carbocycles. The number of ether oxygens (including phenoxy) is 1. The fraction of sp³-hybridized carbons (Fsp3) is 0.143. The van der Waals surface area contributed by atoms with Gasteiger partial charge < -0.3 is 14.9 Å². The van der Waals surface area contributed by atoms with Crippen molar-refractivity contribution in [3.63, 3.8) is 0 Å². The van der Waals surface area contributed by atoms with Gasteiger partial charge in [0.2, 0.25) is 0 Å². The number of hydrogen-bond acceptors (Lipinski definition) is 3. The summed E-state index contributed by atoms with van der Waals surface area (Å²) in [5.41, 5.74) is 1.09. The molecule has 0 aromatic heterocycles. The Hall–Kier alpha value is 0.190. The largest absolute Gasteiger partial charge is 0.507 e. The Balaban J connectivity index is 2.31. The van der Waals surface area contributed by atoms with E-state index in [2.05, 4.69) is 67.8 Å². The van der Waals surface area contributed by atoms with Crippen molar-refractivity contribution >= 4 is 67.8 Å². The zero-order valence-corrected chi connectivity index (χ0v) is 16.7. The molecule has 0 saturated carbocycles. The summed E-state index contributed by atoms with van der Waals surface area (Å²) in [7, 11) is 0. The molecule has 0 aliphatic carbocycles. The van der Waals surface area contributed by atoms with Gasteiger partial charge >= 0.3 is 0 Å². The fourth-order valence-electron chi connectivity index (χ4n) is 1.65. The SMILES string of the molecule is OCCc1cc(I)c(Oc2ccc(O)c(I)c2)c(I)c1. The molecule has 0 atom stereocenters. The van der Waals surface area contributed by atoms with E-state index in [0.29, 0.717) is 12.2 Å². The first-order valence-corrected chi connectivity index (χ1v) is 9.00. The summed E-state index contributed by atoms with van der Waals surface area (Å²) in [5.74, 6) is 1.74. The molecule has 2 N–H and O–H groups in total. The van der Waals surface area contributed by atoms with Gasteiger partial charge in [0, 0.05) is 6.61 Å². The van der Waals surface area contributed by atoms with Crippen LogP contribution in [0.4, 0.5) is 0 Å². The molecule has 0 bridgehead atoms. The minimum atomic E-state index is 0.141. The van der Waals surface area contributed by atoms with Crippen LogP contribution in [0.3, 0.4) is 0 Å². The number of halogens is 3. The Kier molecular flexibility index (Phi) is 6.17. The number of aliphatic hydroxyl groups excluding tert-OH is 1. The molecule has 106 valence electrons. The number of aliphatic hydroxyl groups is 1. The van der Waals surface area contributed by atoms with Gasteiger partial charge in [-0.15, -0.1) is 0 Å². The Morgan fingerprint density at radius 1 is 0.950 bits per heavy atom. The number of aromatic hydroxyl groups is 1. The van der Waals surface area contributed by atoms with Gasteiger partial charge in [-0.1, -0.05) is 0 Å². The molecule has 0 fully saturated rings. The van der Waals surface area contributed by atoms with Crippen molar-refractivity contribution in [1.82, 2.24) is 0 Å². The molecule has 0 spiro atoms. The Morgan fingerprint density at radius 3 is 2.15 bits per heavy atom. The predicted octanol–water partition coefficient (Wildman–Crippen LogP) is 4.53. The van der Waals surface area contributed by atoms with Gasteiger partial charge in [-0.3, -0.25) is 0 Å². The van der Waals surface area contributed by atoms with Crippen molar-refractivity contribution in [3.8, 4) is 17.2 Å². The molecule has 0 aliphatic heterocycles. The summed E-state index contributed by atoms with van der Waals surface area (Å²) in [6, 6.07) is 9.19. The zero-order chi connectivity index (χ0) is 14.7. The summed E-state index contributed by atoms with van der Waals surface area (Å²) in [4.78, 5) is 0. The van der Waals surface area contributed by atoms with Crippen LogP contribution in [0.15, 0.2) is 30.3 Å². The Labute approximate surface area is 158 Å². The summed E-state index contributed by atoms with van der Waals surface area (Å²) in [5, 5.41) is 18.5. The number of phenolic OH excluding ortho intramolecular Hbond substituents is 1. The van der Waals surface area contributed by atoms with Gasteiger partial charge in [0.15, 0.2) is 5.75 Å². The zero-order valence-electron chi connectivity index (χ0n) is 10.2. The predicted molar refractivity (Wildman–Crippen MR) is 104 cm³/mol. The van der Waals surface area contributed by atoms with E-state index in [1.54, 1.807) is 18.2 Å². The van der Waals surface area contributed by atoms with Crippen LogP contribution in [-0.4, -0.2) is 16.8 Å². The van der Waals surface area contributed by atoms with Crippen LogP contribution >= 0.6 is 67.8 Å². The molecule has 2 rings (SSSR count). The van der Waals surface area contributed by atoms with Crippen LogP contribution in [0.2, 0.25) is 0 Å². The van der Waals surface area contributed by atoms with Crippen LogP contribution in [0.1, 0.15) is 5.56 Å². The maximum atomic E-state index is 9.52. The average molecular weight is 608 g/mol. The Bertz CT molecular complexity index is 606. The summed E-state index contributed by atoms with van der Waals surface area (Å²) in [6.07, 6.45) is 0.642. The minimum absolute atomic E-state index is 0.141. The summed E-state index contributed by atoms with van der Waals surface area (Å²) in [6.45, 7) is 0.141. The first kappa shape index (κ1) is 16.6. The smallest absolute Gasteiger partial charge is 0.154 e. The standard InChI is InChI=1S/C14H11I3O3/c15-10-7-9(1-2-13(10)19)20-14-11(16)5-8(3-4-18)6-12(14)17/h1-2,5-7,18-19H,3-4H2. The first-order valence-electron chi connectivity index (χ1n) is 5.76. The maximum Gasteiger partial charge on any atom is 0.154 e. The van der Waals surface area contributed by atoms with Crippen LogP contribution < -0.4 is 4.74 Å². The number of benzene rings is 2. The molecule has 0 unspecified atom stereocenters. The molecule has 0 heterocycles. The van der Waals surface area contributed by atoms with Crippen molar-refractivity contribution in [3.05, 3.63) is 46.6 Å². The highest BCUT2D eigenvalue weighted by molar-refractivity contribution is 14.1. The summed E-state index contributed by atoms with van der Waals surface area (Å²) < 4.78 is 8.67. The maximum absolute atomic E-state index is 9.52. The van der Waals surface area contributed by atoms with Crippen molar-refractivity contribution < 1.29 is 14.9 Å². The van der Waals surface area contributed by atoms with Crippen molar-refractivity contribution in [2.45, 2.75) is 6.42 Å². The van der Waals surface area contributed by atoms with Crippen molar-refractivity contribution in [2.75, 3.05) is 6.61 Å². The lowest BCUT2D eigenvalue weighted by Crippen LogP contribution is -1.96. The fourth-order valence-corrected chi connectivity index (χ4v) is 4.26. The lowest BCUT2D eigenvalue weighted by atomic mass is 10.1. The van der Waals surface area contributed by atoms with E-state index < -0.39 is 0 Å². The third kappa shape index (κ3) is 4.10. The van der Waals surface area contributed by atoms with E-state index in [4.69, 9.17) is 9.84 Å². The van der Waals surface area contributed by atoms with Gasteiger partial charge in [-0.05, 0) is 110 Å². The first-order chi connectivity index (χ1) is 9.51. The quantitative estimate of drug-likeness (QED) is 0.503. The van der Waals surface area contributed by atoms with Crippen molar-refractivity contribution in [1.29, 1.82) is 0 Å². The van der Waals surface area contributed by atoms with Crippen LogP contribution in [-0.2, 0) is 6.42 Å². The van der Waals surface area contributed by atoms with E-state index >= 15 is 0 Å². The lowest BCUT2D eigenvalue weighted by Gasteiger charge is -2.12. The highest BCUT2D eigenvalue weighted by Gasteiger charge is 2.11. The molecular weight excluding hydrogens is 597 g/mol. The second-order valence-corrected chi connectivity index (χ2v) is 7.56. The highest BCUT2D eigenvalue weighted by Crippen LogP contribution is 2.34. The number of rotatable bonds is 4. The molecule has 0 saturated heterocycles. The van der Waals surface area contributed by atoms with Crippen molar-refractivity contribution in [2.24, 2.45) is 0 Å². The lowest BCUT2D eigenvalue weighted by molar-refractivity contribution is 0.299. The number of hydrogen-bond donors (Lipinski definition) is 2. The van der Waals surface area contributed by atoms with Gasteiger partial charge in [-0.25, -0.2) is 0 Å². The Morgan fingerprint density at radius 2 is 1.60 bits per heavy atom. The van der Waals surface area contributed by atoms with E-state index in [0.717, 1.165) is 22.0 Å². The van der Waals surface area contributed by atoms with E-state index in [-0.39, 0.29) is 12.4 Å². The van der Waals surface area contributed by atoms with Gasteiger partial charge in [0.05, 0.1) is 10.7 Å². The normalized spacial score (nSPS) is 10.6. The average Bonchev–Trinajstić information content (AvgIpc) is 2.38. The third-order valence-corrected chi connectivity index (χ3v) is 5.06. The topological polar surface area (TPSA) is 49.7 Å². The van der Waals surface area contributed by atoms with E-state index in [1.165, 1.54) is 0 Å². The van der Waals surface area contributed by atoms with Crippen LogP contribution in [0, 0.1) is 10.7 Å². The molecule has 6 heteroatoms. The molecule has 20 heavy (non-hydrogen) atoms.